The van der Waals surface area contributed by atoms with E-state index < -0.39 is 5.41 Å². The van der Waals surface area contributed by atoms with Gasteiger partial charge in [0.15, 0.2) is 5.78 Å². The van der Waals surface area contributed by atoms with E-state index in [4.69, 9.17) is 4.74 Å². The Morgan fingerprint density at radius 3 is 2.29 bits per heavy atom. The van der Waals surface area contributed by atoms with Crippen LogP contribution in [0.15, 0.2) is 78.9 Å². The van der Waals surface area contributed by atoms with E-state index in [1.54, 1.807) is 7.11 Å². The third kappa shape index (κ3) is 4.46. The lowest BCUT2D eigenvalue weighted by Gasteiger charge is -2.36. The van der Waals surface area contributed by atoms with Crippen LogP contribution in [0.25, 0.3) is 0 Å². The fraction of sp³-hybridized carbons (Fsp3) is 0.259. The number of nitriles is 1. The monoisotopic (exact) mass is 410 g/mol. The van der Waals surface area contributed by atoms with Gasteiger partial charge in [-0.25, -0.2) is 0 Å². The molecule has 0 bridgehead atoms. The molecule has 0 spiro atoms. The number of ketones is 1. The van der Waals surface area contributed by atoms with Crippen molar-refractivity contribution >= 4 is 11.5 Å². The molecule has 31 heavy (non-hydrogen) atoms. The van der Waals surface area contributed by atoms with Crippen LogP contribution < -0.4 is 10.1 Å². The molecule has 1 N–H and O–H groups in total. The number of hydrogen-bond acceptors (Lipinski definition) is 4. The quantitative estimate of drug-likeness (QED) is 0.526. The van der Waals surface area contributed by atoms with Crippen LogP contribution in [-0.4, -0.2) is 18.9 Å². The first kappa shape index (κ1) is 20.7. The summed E-state index contributed by atoms with van der Waals surface area (Å²) in [5.41, 5.74) is 2.96. The van der Waals surface area contributed by atoms with Crippen LogP contribution in [0, 0.1) is 11.3 Å². The summed E-state index contributed by atoms with van der Waals surface area (Å²) in [5, 5.41) is 13.5. The first-order chi connectivity index (χ1) is 15.1. The standard InChI is InChI=1S/C27H26N2O2/c1-31-25-9-5-8-22(18-25)27(19-28)16-14-24(15-17-27)29-23-12-10-21(11-13-23)26(30)20-6-3-2-4-7-20/h2-13,18,24,29H,14-17H2,1H3. The number of nitrogens with zero attached hydrogens (tertiary/aromatic N) is 1. The Bertz CT molecular complexity index is 1080. The first-order valence-electron chi connectivity index (χ1n) is 10.7. The lowest BCUT2D eigenvalue weighted by molar-refractivity contribution is 0.103. The van der Waals surface area contributed by atoms with E-state index in [0.717, 1.165) is 42.7 Å². The van der Waals surface area contributed by atoms with Gasteiger partial charge in [-0.15, -0.1) is 0 Å². The second-order valence-corrected chi connectivity index (χ2v) is 8.12. The number of anilines is 1. The van der Waals surface area contributed by atoms with Crippen molar-refractivity contribution in [2.45, 2.75) is 37.1 Å². The number of nitrogens with one attached hydrogen (secondary N) is 1. The Labute approximate surface area is 183 Å². The molecule has 0 atom stereocenters. The lowest BCUT2D eigenvalue weighted by atomic mass is 9.69. The molecule has 0 heterocycles. The molecular formula is C27H26N2O2. The maximum Gasteiger partial charge on any atom is 0.193 e. The largest absolute Gasteiger partial charge is 0.497 e. The molecule has 0 amide bonds. The fourth-order valence-electron chi connectivity index (χ4n) is 4.35. The highest BCUT2D eigenvalue weighted by molar-refractivity contribution is 6.09. The van der Waals surface area contributed by atoms with E-state index in [9.17, 15) is 10.1 Å². The van der Waals surface area contributed by atoms with Gasteiger partial charge in [-0.1, -0.05) is 42.5 Å². The fourth-order valence-corrected chi connectivity index (χ4v) is 4.35. The predicted octanol–water partition coefficient (Wildman–Crippen LogP) is 5.74. The summed E-state index contributed by atoms with van der Waals surface area (Å²) < 4.78 is 5.34. The Hall–Kier alpha value is -3.58. The summed E-state index contributed by atoms with van der Waals surface area (Å²) in [5.74, 6) is 0.819. The van der Waals surface area contributed by atoms with E-state index in [0.29, 0.717) is 17.2 Å². The van der Waals surface area contributed by atoms with Crippen LogP contribution in [0.3, 0.4) is 0 Å². The van der Waals surface area contributed by atoms with Crippen LogP contribution >= 0.6 is 0 Å². The van der Waals surface area contributed by atoms with E-state index in [-0.39, 0.29) is 5.78 Å². The van der Waals surface area contributed by atoms with Crippen molar-refractivity contribution in [3.05, 3.63) is 95.6 Å². The van der Waals surface area contributed by atoms with Gasteiger partial charge < -0.3 is 10.1 Å². The molecule has 0 aliphatic heterocycles. The van der Waals surface area contributed by atoms with E-state index in [1.807, 2.05) is 78.9 Å². The summed E-state index contributed by atoms with van der Waals surface area (Å²) in [6, 6.07) is 27.8. The number of rotatable bonds is 6. The number of carbonyl (C=O) groups is 1. The Morgan fingerprint density at radius 1 is 0.968 bits per heavy atom. The van der Waals surface area contributed by atoms with Crippen molar-refractivity contribution in [3.63, 3.8) is 0 Å². The number of carbonyl (C=O) groups excluding carboxylic acids is 1. The maximum atomic E-state index is 12.6. The van der Waals surface area contributed by atoms with Crippen LogP contribution in [-0.2, 0) is 5.41 Å². The van der Waals surface area contributed by atoms with Gasteiger partial charge in [0.2, 0.25) is 0 Å². The van der Waals surface area contributed by atoms with Gasteiger partial charge in [-0.3, -0.25) is 4.79 Å². The third-order valence-corrected chi connectivity index (χ3v) is 6.23. The van der Waals surface area contributed by atoms with Crippen LogP contribution in [0.4, 0.5) is 5.69 Å². The topological polar surface area (TPSA) is 62.1 Å². The number of benzene rings is 3. The average molecular weight is 411 g/mol. The summed E-state index contributed by atoms with van der Waals surface area (Å²) >= 11 is 0. The highest BCUT2D eigenvalue weighted by Gasteiger charge is 2.37. The molecule has 1 aliphatic carbocycles. The zero-order valence-electron chi connectivity index (χ0n) is 17.7. The first-order valence-corrected chi connectivity index (χ1v) is 10.7. The maximum absolute atomic E-state index is 12.6. The minimum absolute atomic E-state index is 0.0295. The molecule has 0 unspecified atom stereocenters. The average Bonchev–Trinajstić information content (AvgIpc) is 2.85. The zero-order valence-corrected chi connectivity index (χ0v) is 17.7. The van der Waals surface area contributed by atoms with Crippen LogP contribution in [0.5, 0.6) is 5.75 Å². The van der Waals surface area contributed by atoms with Crippen molar-refractivity contribution in [1.29, 1.82) is 5.26 Å². The minimum atomic E-state index is -0.460. The van der Waals surface area contributed by atoms with Crippen LogP contribution in [0.2, 0.25) is 0 Å². The molecule has 1 saturated carbocycles. The summed E-state index contributed by atoms with van der Waals surface area (Å²) in [4.78, 5) is 12.6. The zero-order chi connectivity index (χ0) is 21.7. The van der Waals surface area contributed by atoms with Crippen molar-refractivity contribution in [1.82, 2.24) is 0 Å². The molecule has 1 aliphatic rings. The van der Waals surface area contributed by atoms with Gasteiger partial charge in [-0.2, -0.15) is 5.26 Å². The van der Waals surface area contributed by atoms with Gasteiger partial charge in [-0.05, 0) is 67.6 Å². The van der Waals surface area contributed by atoms with Crippen molar-refractivity contribution < 1.29 is 9.53 Å². The number of methoxy groups -OCH3 is 1. The molecule has 1 fully saturated rings. The highest BCUT2D eigenvalue weighted by Crippen LogP contribution is 2.40. The molecule has 0 radical (unpaired) electrons. The van der Waals surface area contributed by atoms with E-state index >= 15 is 0 Å². The Balaban J connectivity index is 1.39. The lowest BCUT2D eigenvalue weighted by Crippen LogP contribution is -2.35. The van der Waals surface area contributed by atoms with Gasteiger partial charge >= 0.3 is 0 Å². The number of hydrogen-bond donors (Lipinski definition) is 1. The SMILES string of the molecule is COc1cccc(C2(C#N)CCC(Nc3ccc(C(=O)c4ccccc4)cc3)CC2)c1. The van der Waals surface area contributed by atoms with Crippen molar-refractivity contribution in [2.75, 3.05) is 12.4 Å². The van der Waals surface area contributed by atoms with Crippen molar-refractivity contribution in [3.8, 4) is 11.8 Å². The van der Waals surface area contributed by atoms with Gasteiger partial charge in [0, 0.05) is 22.9 Å². The minimum Gasteiger partial charge on any atom is -0.497 e. The van der Waals surface area contributed by atoms with Gasteiger partial charge in [0.05, 0.1) is 18.6 Å². The molecule has 4 nitrogen and oxygen atoms in total. The smallest absolute Gasteiger partial charge is 0.193 e. The molecule has 0 aromatic heterocycles. The third-order valence-electron chi connectivity index (χ3n) is 6.23. The second-order valence-electron chi connectivity index (χ2n) is 8.12. The molecule has 4 heteroatoms. The molecular weight excluding hydrogens is 384 g/mol. The van der Waals surface area contributed by atoms with Gasteiger partial charge in [0.1, 0.15) is 5.75 Å². The normalized spacial score (nSPS) is 20.5. The Morgan fingerprint density at radius 2 is 1.65 bits per heavy atom. The molecule has 3 aromatic rings. The predicted molar refractivity (Wildman–Crippen MR) is 122 cm³/mol. The second kappa shape index (κ2) is 9.06. The van der Waals surface area contributed by atoms with Crippen molar-refractivity contribution in [2.24, 2.45) is 0 Å². The van der Waals surface area contributed by atoms with E-state index in [2.05, 4.69) is 11.4 Å². The summed E-state index contributed by atoms with van der Waals surface area (Å²) in [7, 11) is 1.65. The summed E-state index contributed by atoms with van der Waals surface area (Å²) in [6.07, 6.45) is 3.43. The summed E-state index contributed by atoms with van der Waals surface area (Å²) in [6.45, 7) is 0. The molecule has 0 saturated heterocycles. The van der Waals surface area contributed by atoms with E-state index in [1.165, 1.54) is 0 Å². The van der Waals surface area contributed by atoms with Crippen LogP contribution in [0.1, 0.15) is 47.2 Å². The van der Waals surface area contributed by atoms with Gasteiger partial charge in [0.25, 0.3) is 0 Å². The highest BCUT2D eigenvalue weighted by atomic mass is 16.5. The Kier molecular flexibility index (Phi) is 6.04. The number of ether oxygens (including phenoxy) is 1. The molecule has 4 rings (SSSR count). The molecule has 156 valence electrons. The molecule has 3 aromatic carbocycles.